The summed E-state index contributed by atoms with van der Waals surface area (Å²) in [6.45, 7) is 3.67. The van der Waals surface area contributed by atoms with Crippen molar-refractivity contribution >= 4 is 37.3 Å². The van der Waals surface area contributed by atoms with E-state index in [-0.39, 0.29) is 16.3 Å². The predicted octanol–water partition coefficient (Wildman–Crippen LogP) is 2.81. The summed E-state index contributed by atoms with van der Waals surface area (Å²) in [5.41, 5.74) is 2.93. The normalized spacial score (nSPS) is 11.0. The van der Waals surface area contributed by atoms with Gasteiger partial charge in [-0.25, -0.2) is 8.42 Å². The molecule has 0 amide bonds. The fraction of sp³-hybridized carbons (Fsp3) is 0. The highest BCUT2D eigenvalue weighted by Gasteiger charge is 2.14. The zero-order chi connectivity index (χ0) is 17.0. The number of sulfonamides is 1. The number of nitrogens with zero attached hydrogens (tertiary/aromatic N) is 1. The second kappa shape index (κ2) is 6.90. The predicted molar refractivity (Wildman–Crippen MR) is 89.7 cm³/mol. The minimum atomic E-state index is -3.78. The lowest BCUT2D eigenvalue weighted by Crippen LogP contribution is -2.35. The second-order valence-electron chi connectivity index (χ2n) is 4.47. The average molecular weight is 398 g/mol. The third-order valence-electron chi connectivity index (χ3n) is 2.87. The first-order chi connectivity index (χ1) is 10.8. The maximum Gasteiger partial charge on any atom is 0.270 e. The largest absolute Gasteiger partial charge is 0.308 e. The van der Waals surface area contributed by atoms with Crippen molar-refractivity contribution in [1.29, 1.82) is 0 Å². The Morgan fingerprint density at radius 3 is 2.43 bits per heavy atom. The quantitative estimate of drug-likeness (QED) is 0.576. The van der Waals surface area contributed by atoms with Crippen LogP contribution in [0.1, 0.15) is 5.56 Å². The molecule has 0 saturated heterocycles. The van der Waals surface area contributed by atoms with E-state index in [2.05, 4.69) is 32.8 Å². The van der Waals surface area contributed by atoms with Gasteiger partial charge in [0.1, 0.15) is 0 Å². The Hall–Kier alpha value is -2.23. The fourth-order valence-electron chi connectivity index (χ4n) is 1.68. The van der Waals surface area contributed by atoms with E-state index in [4.69, 9.17) is 0 Å². The number of nitro groups is 1. The van der Waals surface area contributed by atoms with Gasteiger partial charge in [-0.2, -0.15) is 0 Å². The van der Waals surface area contributed by atoms with Crippen LogP contribution in [0.5, 0.6) is 0 Å². The number of benzene rings is 2. The van der Waals surface area contributed by atoms with Crippen LogP contribution in [0.4, 0.5) is 5.69 Å². The molecule has 0 heterocycles. The third kappa shape index (κ3) is 4.38. The Bertz CT molecular complexity index is 851. The van der Waals surface area contributed by atoms with Crippen LogP contribution in [0, 0.1) is 10.1 Å². The van der Waals surface area contributed by atoms with Gasteiger partial charge in [0.05, 0.1) is 15.5 Å². The number of rotatable bonds is 6. The molecule has 2 aromatic rings. The van der Waals surface area contributed by atoms with Gasteiger partial charge >= 0.3 is 0 Å². The number of non-ortho nitro benzene ring substituents is 1. The van der Waals surface area contributed by atoms with E-state index >= 15 is 0 Å². The summed E-state index contributed by atoms with van der Waals surface area (Å²) in [4.78, 5) is 12.5. The van der Waals surface area contributed by atoms with Crippen molar-refractivity contribution in [2.75, 3.05) is 0 Å². The highest BCUT2D eigenvalue weighted by atomic mass is 79.9. The maximum absolute atomic E-state index is 12.1. The molecule has 0 atom stereocenters. The van der Waals surface area contributed by atoms with Gasteiger partial charge in [0.2, 0.25) is 0 Å². The van der Waals surface area contributed by atoms with Gasteiger partial charge < -0.3 is 5.43 Å². The molecule has 0 fully saturated rings. The minimum absolute atomic E-state index is 0.0695. The lowest BCUT2D eigenvalue weighted by atomic mass is 10.1. The van der Waals surface area contributed by atoms with E-state index < -0.39 is 14.9 Å². The zero-order valence-electron chi connectivity index (χ0n) is 11.7. The zero-order valence-corrected chi connectivity index (χ0v) is 14.1. The number of nitrogens with one attached hydrogen (secondary N) is 2. The van der Waals surface area contributed by atoms with Crippen LogP contribution in [0.2, 0.25) is 0 Å². The molecular weight excluding hydrogens is 386 g/mol. The summed E-state index contributed by atoms with van der Waals surface area (Å²) in [6.07, 6.45) is 0. The minimum Gasteiger partial charge on any atom is -0.308 e. The van der Waals surface area contributed by atoms with Gasteiger partial charge in [0.15, 0.2) is 0 Å². The molecule has 0 aliphatic heterocycles. The van der Waals surface area contributed by atoms with E-state index in [1.165, 1.54) is 30.3 Å². The Morgan fingerprint density at radius 2 is 1.83 bits per heavy atom. The van der Waals surface area contributed by atoms with Gasteiger partial charge in [-0.3, -0.25) is 10.1 Å². The molecule has 2 N–H and O–H groups in total. The lowest BCUT2D eigenvalue weighted by molar-refractivity contribution is -0.384. The molecule has 0 radical (unpaired) electrons. The Morgan fingerprint density at radius 1 is 1.17 bits per heavy atom. The van der Waals surface area contributed by atoms with Crippen LogP contribution >= 0.6 is 15.9 Å². The average Bonchev–Trinajstić information content (AvgIpc) is 2.53. The number of hydrazine groups is 1. The first-order valence-corrected chi connectivity index (χ1v) is 8.54. The number of nitro benzene ring substituents is 1. The molecule has 0 unspecified atom stereocenters. The van der Waals surface area contributed by atoms with Crippen molar-refractivity contribution in [3.63, 3.8) is 0 Å². The first-order valence-electron chi connectivity index (χ1n) is 6.27. The smallest absolute Gasteiger partial charge is 0.270 e. The SMILES string of the molecule is C=C(NNS(=O)(=O)c1ccc(Br)cc1)c1cccc([N+](=O)[O-])c1. The van der Waals surface area contributed by atoms with Gasteiger partial charge in [-0.15, -0.1) is 4.83 Å². The van der Waals surface area contributed by atoms with E-state index in [9.17, 15) is 18.5 Å². The van der Waals surface area contributed by atoms with Crippen LogP contribution in [0.15, 0.2) is 64.5 Å². The van der Waals surface area contributed by atoms with Crippen LogP contribution < -0.4 is 10.3 Å². The molecule has 23 heavy (non-hydrogen) atoms. The summed E-state index contributed by atoms with van der Waals surface area (Å²) < 4.78 is 25.0. The Balaban J connectivity index is 2.10. The molecule has 7 nitrogen and oxygen atoms in total. The highest BCUT2D eigenvalue weighted by molar-refractivity contribution is 9.10. The lowest BCUT2D eigenvalue weighted by Gasteiger charge is -2.11. The monoisotopic (exact) mass is 397 g/mol. The molecule has 0 aliphatic carbocycles. The van der Waals surface area contributed by atoms with Crippen LogP contribution in [0.25, 0.3) is 5.70 Å². The molecule has 120 valence electrons. The number of hydrogen-bond donors (Lipinski definition) is 2. The van der Waals surface area contributed by atoms with Crippen molar-refractivity contribution in [3.05, 3.63) is 75.3 Å². The third-order valence-corrected chi connectivity index (χ3v) is 4.66. The van der Waals surface area contributed by atoms with Crippen molar-refractivity contribution in [1.82, 2.24) is 10.3 Å². The number of halogens is 1. The molecule has 0 bridgehead atoms. The molecule has 0 spiro atoms. The van der Waals surface area contributed by atoms with E-state index in [1.807, 2.05) is 0 Å². The van der Waals surface area contributed by atoms with Crippen molar-refractivity contribution in [2.45, 2.75) is 4.90 Å². The van der Waals surface area contributed by atoms with Crippen LogP contribution in [-0.2, 0) is 10.0 Å². The van der Waals surface area contributed by atoms with Crippen molar-refractivity contribution < 1.29 is 13.3 Å². The topological polar surface area (TPSA) is 101 Å². The molecule has 0 aliphatic rings. The standard InChI is InChI=1S/C14H12BrN3O4S/c1-10(11-3-2-4-13(9-11)18(19)20)16-17-23(21,22)14-7-5-12(15)6-8-14/h2-9,16-17H,1H2. The van der Waals surface area contributed by atoms with Crippen LogP contribution in [0.3, 0.4) is 0 Å². The van der Waals surface area contributed by atoms with Gasteiger partial charge in [-0.05, 0) is 24.3 Å². The molecule has 0 saturated carbocycles. The van der Waals surface area contributed by atoms with E-state index in [1.54, 1.807) is 18.2 Å². The summed E-state index contributed by atoms with van der Waals surface area (Å²) in [7, 11) is -3.78. The van der Waals surface area contributed by atoms with Crippen molar-refractivity contribution in [2.24, 2.45) is 0 Å². The van der Waals surface area contributed by atoms with Gasteiger partial charge in [0.25, 0.3) is 15.7 Å². The van der Waals surface area contributed by atoms with Gasteiger partial charge in [0, 0.05) is 22.2 Å². The fourth-order valence-corrected chi connectivity index (χ4v) is 2.81. The van der Waals surface area contributed by atoms with E-state index in [0.717, 1.165) is 4.47 Å². The maximum atomic E-state index is 12.1. The summed E-state index contributed by atoms with van der Waals surface area (Å²) in [5, 5.41) is 10.7. The molecule has 2 aromatic carbocycles. The first kappa shape index (κ1) is 17.1. The van der Waals surface area contributed by atoms with Crippen molar-refractivity contribution in [3.8, 4) is 0 Å². The molecular formula is C14H12BrN3O4S. The van der Waals surface area contributed by atoms with E-state index in [0.29, 0.717) is 5.56 Å². The Kier molecular flexibility index (Phi) is 5.14. The summed E-state index contributed by atoms with van der Waals surface area (Å²) in [6, 6.07) is 11.8. The molecule has 9 heteroatoms. The van der Waals surface area contributed by atoms with Gasteiger partial charge in [-0.1, -0.05) is 34.6 Å². The Labute approximate surface area is 141 Å². The second-order valence-corrected chi connectivity index (χ2v) is 7.07. The molecule has 0 aromatic heterocycles. The van der Waals surface area contributed by atoms with Crippen LogP contribution in [-0.4, -0.2) is 13.3 Å². The molecule has 2 rings (SSSR count). The highest BCUT2D eigenvalue weighted by Crippen LogP contribution is 2.18. The summed E-state index contributed by atoms with van der Waals surface area (Å²) in [5.74, 6) is 0. The number of hydrogen-bond acceptors (Lipinski definition) is 5. The summed E-state index contributed by atoms with van der Waals surface area (Å²) >= 11 is 3.22.